The second-order valence-electron chi connectivity index (χ2n) is 12.8. The summed E-state index contributed by atoms with van der Waals surface area (Å²) in [6.45, 7) is 7.64. The highest BCUT2D eigenvalue weighted by atomic mass is 16.6. The maximum atomic E-state index is 14.7. The van der Waals surface area contributed by atoms with Crippen LogP contribution in [0.3, 0.4) is 0 Å². The molecule has 8 atom stereocenters. The van der Waals surface area contributed by atoms with Gasteiger partial charge in [-0.1, -0.05) is 69.3 Å². The van der Waals surface area contributed by atoms with Crippen LogP contribution in [0.5, 0.6) is 0 Å². The third-order valence-corrected chi connectivity index (χ3v) is 10.3. The number of fused-ring (bicyclic) bond motifs is 3. The van der Waals surface area contributed by atoms with Gasteiger partial charge in [-0.15, -0.1) is 0 Å². The summed E-state index contributed by atoms with van der Waals surface area (Å²) in [7, 11) is 0. The van der Waals surface area contributed by atoms with Gasteiger partial charge in [0.15, 0.2) is 17.5 Å². The number of hydrogen-bond donors (Lipinski definition) is 2. The summed E-state index contributed by atoms with van der Waals surface area (Å²) >= 11 is 0. The Morgan fingerprint density at radius 1 is 0.976 bits per heavy atom. The van der Waals surface area contributed by atoms with E-state index in [2.05, 4.69) is 13.8 Å². The van der Waals surface area contributed by atoms with E-state index in [9.17, 15) is 24.6 Å². The van der Waals surface area contributed by atoms with E-state index in [0.717, 1.165) is 0 Å². The van der Waals surface area contributed by atoms with E-state index in [0.29, 0.717) is 23.1 Å². The Labute approximate surface area is 239 Å². The quantitative estimate of drug-likeness (QED) is 0.411. The van der Waals surface area contributed by atoms with Crippen molar-refractivity contribution in [1.82, 2.24) is 0 Å². The molecule has 2 bridgehead atoms. The van der Waals surface area contributed by atoms with E-state index < -0.39 is 41.1 Å². The van der Waals surface area contributed by atoms with E-state index in [1.54, 1.807) is 79.7 Å². The molecule has 0 unspecified atom stereocenters. The summed E-state index contributed by atoms with van der Waals surface area (Å²) in [5, 5.41) is 24.8. The zero-order chi connectivity index (χ0) is 29.3. The Morgan fingerprint density at radius 3 is 2.17 bits per heavy atom. The molecule has 4 aliphatic carbocycles. The molecule has 0 aromatic heterocycles. The Bertz CT molecular complexity index is 1460. The monoisotopic (exact) mass is 556 g/mol. The fourth-order valence-corrected chi connectivity index (χ4v) is 8.14. The van der Waals surface area contributed by atoms with Crippen LogP contribution >= 0.6 is 0 Å². The van der Waals surface area contributed by atoms with Crippen LogP contribution in [0, 0.1) is 34.5 Å². The Hall–Kier alpha value is -3.55. The van der Waals surface area contributed by atoms with Crippen LogP contribution in [0.4, 0.5) is 0 Å². The van der Waals surface area contributed by atoms with Crippen LogP contribution in [0.15, 0.2) is 84.0 Å². The molecule has 2 aromatic rings. The molecule has 2 saturated carbocycles. The van der Waals surface area contributed by atoms with E-state index in [4.69, 9.17) is 9.47 Å². The number of allylic oxidation sites excluding steroid dienone is 1. The number of rotatable bonds is 5. The van der Waals surface area contributed by atoms with Gasteiger partial charge in [0.05, 0.1) is 16.5 Å². The number of ketones is 1. The van der Waals surface area contributed by atoms with Gasteiger partial charge in [0.25, 0.3) is 0 Å². The number of aliphatic hydroxyl groups is 2. The van der Waals surface area contributed by atoms with Gasteiger partial charge in [-0.25, -0.2) is 9.59 Å². The summed E-state index contributed by atoms with van der Waals surface area (Å²) in [6.07, 6.45) is 1.22. The molecule has 4 aliphatic rings. The van der Waals surface area contributed by atoms with Gasteiger partial charge in [-0.2, -0.15) is 0 Å². The fraction of sp³-hybridized carbons (Fsp3) is 0.441. The molecule has 7 heteroatoms. The highest BCUT2D eigenvalue weighted by Crippen LogP contribution is 2.71. The van der Waals surface area contributed by atoms with Crippen molar-refractivity contribution in [2.75, 3.05) is 6.61 Å². The minimum absolute atomic E-state index is 0.0193. The minimum Gasteiger partial charge on any atom is -0.457 e. The molecule has 0 saturated heterocycles. The molecule has 2 fully saturated rings. The number of esters is 2. The van der Waals surface area contributed by atoms with Gasteiger partial charge < -0.3 is 19.7 Å². The van der Waals surface area contributed by atoms with Crippen LogP contribution in [0.1, 0.15) is 54.8 Å². The minimum atomic E-state index is -2.20. The van der Waals surface area contributed by atoms with Crippen LogP contribution in [-0.2, 0) is 14.3 Å². The van der Waals surface area contributed by atoms with Crippen molar-refractivity contribution in [2.45, 2.75) is 51.9 Å². The first-order chi connectivity index (χ1) is 19.4. The van der Waals surface area contributed by atoms with Crippen LogP contribution < -0.4 is 0 Å². The maximum absolute atomic E-state index is 14.7. The van der Waals surface area contributed by atoms with Crippen LogP contribution in [-0.4, -0.2) is 52.4 Å². The van der Waals surface area contributed by atoms with E-state index in [-0.39, 0.29) is 41.1 Å². The lowest BCUT2D eigenvalue weighted by molar-refractivity contribution is -0.190. The normalized spacial score (nSPS) is 36.5. The Morgan fingerprint density at radius 2 is 1.56 bits per heavy atom. The first-order valence-electron chi connectivity index (χ1n) is 14.3. The van der Waals surface area contributed by atoms with Gasteiger partial charge in [0, 0.05) is 5.92 Å². The standard InChI is InChI=1S/C34H36O7/c1-19-17-33-20(2)15-25-26(32(25,3)4)24(28(33)36)16-23(18-40-30(37)21-11-7-5-8-12-21)27(35)34(33,39)29(19)41-31(38)22-13-9-6-10-14-22/h5-14,16-17,20,24-27,29,35,39H,15,18H2,1-4H3/t20-,24+,25-,26+,27-,29+,33+,34-/m1/s1. The second kappa shape index (κ2) is 9.50. The second-order valence-corrected chi connectivity index (χ2v) is 12.8. The van der Waals surface area contributed by atoms with Crippen molar-refractivity contribution in [3.63, 3.8) is 0 Å². The molecule has 214 valence electrons. The molecule has 2 N–H and O–H groups in total. The average Bonchev–Trinajstić information content (AvgIpc) is 3.46. The molecule has 0 amide bonds. The molecule has 6 rings (SSSR count). The Balaban J connectivity index is 1.43. The number of benzene rings is 2. The predicted molar refractivity (Wildman–Crippen MR) is 151 cm³/mol. The van der Waals surface area contributed by atoms with Crippen molar-refractivity contribution in [1.29, 1.82) is 0 Å². The molecule has 1 spiro atoms. The number of carbonyl (C=O) groups excluding carboxylic acids is 3. The van der Waals surface area contributed by atoms with Crippen LogP contribution in [0.2, 0.25) is 0 Å². The molecule has 2 aromatic carbocycles. The van der Waals surface area contributed by atoms with Gasteiger partial charge in [0.2, 0.25) is 0 Å². The molecular formula is C34H36O7. The molecule has 7 nitrogen and oxygen atoms in total. The molecule has 0 heterocycles. The number of aliphatic hydroxyl groups excluding tert-OH is 1. The SMILES string of the molecule is CC1=C[C@]23C(=O)[C@@H](C=C(COC(=O)c4ccccc4)[C@@H](O)[C@@]2(O)[C@H]1OC(=O)c1ccccc1)[C@H]1[C@@H](C[C@H]3C)C1(C)C. The summed E-state index contributed by atoms with van der Waals surface area (Å²) in [4.78, 5) is 40.8. The van der Waals surface area contributed by atoms with Crippen molar-refractivity contribution < 1.29 is 34.1 Å². The molecule has 41 heavy (non-hydrogen) atoms. The smallest absolute Gasteiger partial charge is 0.338 e. The van der Waals surface area contributed by atoms with Crippen molar-refractivity contribution in [3.05, 3.63) is 95.1 Å². The fourth-order valence-electron chi connectivity index (χ4n) is 8.14. The zero-order valence-electron chi connectivity index (χ0n) is 23.7. The van der Waals surface area contributed by atoms with E-state index in [1.807, 2.05) is 6.92 Å². The zero-order valence-corrected chi connectivity index (χ0v) is 23.7. The number of Topliss-reactive ketones (excluding diaryl/α,β-unsaturated/α-hetero) is 1. The van der Waals surface area contributed by atoms with Gasteiger partial charge in [-0.3, -0.25) is 4.79 Å². The van der Waals surface area contributed by atoms with Gasteiger partial charge in [-0.05, 0) is 71.9 Å². The van der Waals surface area contributed by atoms with Crippen molar-refractivity contribution in [2.24, 2.45) is 34.5 Å². The first kappa shape index (κ1) is 27.6. The summed E-state index contributed by atoms with van der Waals surface area (Å²) in [5.41, 5.74) is -2.40. The van der Waals surface area contributed by atoms with E-state index >= 15 is 0 Å². The largest absolute Gasteiger partial charge is 0.457 e. The third-order valence-electron chi connectivity index (χ3n) is 10.3. The Kier molecular flexibility index (Phi) is 6.40. The number of ether oxygens (including phenoxy) is 2. The van der Waals surface area contributed by atoms with Crippen molar-refractivity contribution in [3.8, 4) is 0 Å². The lowest BCUT2D eigenvalue weighted by Gasteiger charge is -2.48. The molecular weight excluding hydrogens is 520 g/mol. The summed E-state index contributed by atoms with van der Waals surface area (Å²) < 4.78 is 11.6. The summed E-state index contributed by atoms with van der Waals surface area (Å²) in [6, 6.07) is 16.9. The third kappa shape index (κ3) is 3.89. The van der Waals surface area contributed by atoms with E-state index in [1.165, 1.54) is 0 Å². The number of hydrogen-bond acceptors (Lipinski definition) is 7. The maximum Gasteiger partial charge on any atom is 0.338 e. The van der Waals surface area contributed by atoms with Crippen LogP contribution in [0.25, 0.3) is 0 Å². The topological polar surface area (TPSA) is 110 Å². The average molecular weight is 557 g/mol. The lowest BCUT2D eigenvalue weighted by Crippen LogP contribution is -2.65. The van der Waals surface area contributed by atoms with Gasteiger partial charge >= 0.3 is 11.9 Å². The molecule has 0 radical (unpaired) electrons. The van der Waals surface area contributed by atoms with Gasteiger partial charge in [0.1, 0.15) is 12.7 Å². The van der Waals surface area contributed by atoms with Crippen molar-refractivity contribution >= 4 is 17.7 Å². The summed E-state index contributed by atoms with van der Waals surface area (Å²) in [5.74, 6) is -2.11. The lowest BCUT2D eigenvalue weighted by atomic mass is 9.59. The highest BCUT2D eigenvalue weighted by Gasteiger charge is 2.76. The molecule has 0 aliphatic heterocycles. The number of carbonyl (C=O) groups is 3. The predicted octanol–water partition coefficient (Wildman–Crippen LogP) is 4.54. The first-order valence-corrected chi connectivity index (χ1v) is 14.3. The highest BCUT2D eigenvalue weighted by molar-refractivity contribution is 5.96.